The number of aromatic nitrogens is 2. The van der Waals surface area contributed by atoms with Gasteiger partial charge in [0, 0.05) is 48.9 Å². The highest BCUT2D eigenvalue weighted by atomic mass is 19.4. The van der Waals surface area contributed by atoms with E-state index in [1.165, 1.54) is 22.3 Å². The van der Waals surface area contributed by atoms with E-state index in [0.29, 0.717) is 18.0 Å². The summed E-state index contributed by atoms with van der Waals surface area (Å²) in [4.78, 5) is 20.9. The van der Waals surface area contributed by atoms with Crippen LogP contribution in [0.25, 0.3) is 11.1 Å². The standard InChI is InChI=1S/C25H22F3N3O2/c26-25(27,28)22-11-16(3-7-29-22)15-31-8-4-19(13-23(31)32)18-1-2-20-14-30-24(21(20)12-18)17-5-9-33-10-6-17/h1-4,7-8,11-13,17H,5-6,9-10,14-15H2. The summed E-state index contributed by atoms with van der Waals surface area (Å²) < 4.78 is 45.6. The molecule has 0 amide bonds. The number of rotatable bonds is 4. The third-order valence-corrected chi connectivity index (χ3v) is 6.21. The average molecular weight is 453 g/mol. The SMILES string of the molecule is O=c1cc(-c2ccc3c(c2)C(C2CCOCC2)=NC3)ccn1Cc1ccnc(C(F)(F)F)c1. The lowest BCUT2D eigenvalue weighted by Gasteiger charge is -2.23. The van der Waals surface area contributed by atoms with E-state index in [9.17, 15) is 18.0 Å². The molecule has 1 aromatic carbocycles. The summed E-state index contributed by atoms with van der Waals surface area (Å²) in [6.45, 7) is 2.21. The zero-order valence-electron chi connectivity index (χ0n) is 17.8. The van der Waals surface area contributed by atoms with Crippen LogP contribution in [0, 0.1) is 5.92 Å². The van der Waals surface area contributed by atoms with E-state index in [0.717, 1.165) is 60.7 Å². The molecule has 8 heteroatoms. The van der Waals surface area contributed by atoms with Crippen molar-refractivity contribution in [2.75, 3.05) is 13.2 Å². The first-order chi connectivity index (χ1) is 15.9. The Kier molecular flexibility index (Phi) is 5.62. The number of pyridine rings is 2. The number of ether oxygens (including phenoxy) is 1. The van der Waals surface area contributed by atoms with E-state index in [2.05, 4.69) is 17.1 Å². The van der Waals surface area contributed by atoms with Crippen LogP contribution in [0.2, 0.25) is 0 Å². The zero-order valence-corrected chi connectivity index (χ0v) is 17.8. The van der Waals surface area contributed by atoms with Crippen LogP contribution in [-0.2, 0) is 24.0 Å². The second kappa shape index (κ2) is 8.59. The Morgan fingerprint density at radius 1 is 1.03 bits per heavy atom. The number of nitrogens with zero attached hydrogens (tertiary/aromatic N) is 3. The monoisotopic (exact) mass is 453 g/mol. The quantitative estimate of drug-likeness (QED) is 0.575. The lowest BCUT2D eigenvalue weighted by molar-refractivity contribution is -0.141. The van der Waals surface area contributed by atoms with Crippen molar-refractivity contribution in [3.63, 3.8) is 0 Å². The molecule has 0 N–H and O–H groups in total. The van der Waals surface area contributed by atoms with Gasteiger partial charge in [0.05, 0.1) is 13.1 Å². The molecule has 2 aromatic heterocycles. The van der Waals surface area contributed by atoms with Gasteiger partial charge in [-0.05, 0) is 59.4 Å². The summed E-state index contributed by atoms with van der Waals surface area (Å²) in [6, 6.07) is 11.9. The first kappa shape index (κ1) is 21.6. The normalized spacial score (nSPS) is 16.5. The fraction of sp³-hybridized carbons (Fsp3) is 0.320. The number of alkyl halides is 3. The zero-order chi connectivity index (χ0) is 23.0. The molecular weight excluding hydrogens is 431 g/mol. The van der Waals surface area contributed by atoms with Crippen LogP contribution in [0.1, 0.15) is 35.2 Å². The molecule has 2 aliphatic heterocycles. The molecule has 0 bridgehead atoms. The molecule has 0 atom stereocenters. The number of hydrogen-bond acceptors (Lipinski definition) is 4. The van der Waals surface area contributed by atoms with Crippen LogP contribution in [0.3, 0.4) is 0 Å². The van der Waals surface area contributed by atoms with E-state index in [1.54, 1.807) is 6.20 Å². The molecule has 33 heavy (non-hydrogen) atoms. The van der Waals surface area contributed by atoms with Crippen molar-refractivity contribution in [3.8, 4) is 11.1 Å². The van der Waals surface area contributed by atoms with Gasteiger partial charge in [-0.15, -0.1) is 0 Å². The Labute approximate surface area is 188 Å². The Bertz CT molecular complexity index is 1270. The van der Waals surface area contributed by atoms with Crippen LogP contribution >= 0.6 is 0 Å². The second-order valence-electron chi connectivity index (χ2n) is 8.39. The van der Waals surface area contributed by atoms with Crippen molar-refractivity contribution in [1.82, 2.24) is 9.55 Å². The second-order valence-corrected chi connectivity index (χ2v) is 8.39. The van der Waals surface area contributed by atoms with E-state index in [4.69, 9.17) is 9.73 Å². The number of halogens is 3. The fourth-order valence-corrected chi connectivity index (χ4v) is 4.45. The smallest absolute Gasteiger partial charge is 0.381 e. The number of fused-ring (bicyclic) bond motifs is 1. The van der Waals surface area contributed by atoms with Crippen molar-refractivity contribution in [1.29, 1.82) is 0 Å². The van der Waals surface area contributed by atoms with Crippen molar-refractivity contribution in [2.45, 2.75) is 32.1 Å². The molecule has 0 radical (unpaired) electrons. The first-order valence-electron chi connectivity index (χ1n) is 10.9. The molecular formula is C25H22F3N3O2. The number of aliphatic imine (C=N–C) groups is 1. The highest BCUT2D eigenvalue weighted by molar-refractivity contribution is 6.06. The summed E-state index contributed by atoms with van der Waals surface area (Å²) >= 11 is 0. The first-order valence-corrected chi connectivity index (χ1v) is 10.9. The minimum atomic E-state index is -4.52. The molecule has 5 nitrogen and oxygen atoms in total. The molecule has 1 saturated heterocycles. The summed E-state index contributed by atoms with van der Waals surface area (Å²) in [7, 11) is 0. The fourth-order valence-electron chi connectivity index (χ4n) is 4.45. The molecule has 0 aliphatic carbocycles. The van der Waals surface area contributed by atoms with E-state index in [1.807, 2.05) is 12.1 Å². The summed E-state index contributed by atoms with van der Waals surface area (Å²) in [5.74, 6) is 0.394. The highest BCUT2D eigenvalue weighted by Crippen LogP contribution is 2.31. The molecule has 170 valence electrons. The van der Waals surface area contributed by atoms with Crippen molar-refractivity contribution >= 4 is 5.71 Å². The minimum Gasteiger partial charge on any atom is -0.381 e. The lowest BCUT2D eigenvalue weighted by Crippen LogP contribution is -2.23. The molecule has 3 aromatic rings. The molecule has 1 fully saturated rings. The highest BCUT2D eigenvalue weighted by Gasteiger charge is 2.32. The average Bonchev–Trinajstić information content (AvgIpc) is 3.24. The predicted molar refractivity (Wildman–Crippen MR) is 118 cm³/mol. The maximum Gasteiger partial charge on any atom is 0.433 e. The van der Waals surface area contributed by atoms with Gasteiger partial charge in [-0.1, -0.05) is 12.1 Å². The van der Waals surface area contributed by atoms with Gasteiger partial charge >= 0.3 is 6.18 Å². The summed E-state index contributed by atoms with van der Waals surface area (Å²) in [5.41, 5.74) is 4.25. The van der Waals surface area contributed by atoms with Crippen LogP contribution in [0.4, 0.5) is 13.2 Å². The van der Waals surface area contributed by atoms with Crippen molar-refractivity contribution in [3.05, 3.63) is 87.6 Å². The predicted octanol–water partition coefficient (Wildman–Crippen LogP) is 4.71. The van der Waals surface area contributed by atoms with Gasteiger partial charge in [0.1, 0.15) is 5.69 Å². The summed E-state index contributed by atoms with van der Waals surface area (Å²) in [6.07, 6.45) is 0.129. The Balaban J connectivity index is 1.39. The Hall–Kier alpha value is -3.26. The van der Waals surface area contributed by atoms with Crippen LogP contribution in [0.15, 0.2) is 64.6 Å². The van der Waals surface area contributed by atoms with Gasteiger partial charge in [-0.3, -0.25) is 14.8 Å². The number of hydrogen-bond donors (Lipinski definition) is 0. The molecule has 4 heterocycles. The topological polar surface area (TPSA) is 56.5 Å². The van der Waals surface area contributed by atoms with Gasteiger partial charge in [-0.2, -0.15) is 13.2 Å². The lowest BCUT2D eigenvalue weighted by atomic mass is 9.88. The van der Waals surface area contributed by atoms with Gasteiger partial charge in [-0.25, -0.2) is 0 Å². The van der Waals surface area contributed by atoms with E-state index in [-0.39, 0.29) is 12.1 Å². The third kappa shape index (κ3) is 4.48. The van der Waals surface area contributed by atoms with Crippen LogP contribution < -0.4 is 5.56 Å². The van der Waals surface area contributed by atoms with Gasteiger partial charge in [0.25, 0.3) is 5.56 Å². The maximum atomic E-state index is 12.9. The molecule has 2 aliphatic rings. The van der Waals surface area contributed by atoms with Crippen LogP contribution in [0.5, 0.6) is 0 Å². The number of benzene rings is 1. The van der Waals surface area contributed by atoms with E-state index >= 15 is 0 Å². The molecule has 0 saturated carbocycles. The third-order valence-electron chi connectivity index (χ3n) is 6.21. The van der Waals surface area contributed by atoms with Gasteiger partial charge in [0.15, 0.2) is 0 Å². The van der Waals surface area contributed by atoms with Gasteiger partial charge < -0.3 is 9.30 Å². The minimum absolute atomic E-state index is 0.0372. The molecule has 0 unspecified atom stereocenters. The molecule has 0 spiro atoms. The Morgan fingerprint density at radius 3 is 2.58 bits per heavy atom. The van der Waals surface area contributed by atoms with Crippen molar-refractivity contribution < 1.29 is 17.9 Å². The molecule has 5 rings (SSSR count). The largest absolute Gasteiger partial charge is 0.433 e. The van der Waals surface area contributed by atoms with Gasteiger partial charge in [0.2, 0.25) is 0 Å². The van der Waals surface area contributed by atoms with Crippen molar-refractivity contribution in [2.24, 2.45) is 10.9 Å². The summed E-state index contributed by atoms with van der Waals surface area (Å²) in [5, 5.41) is 0. The Morgan fingerprint density at radius 2 is 1.82 bits per heavy atom. The maximum absolute atomic E-state index is 12.9. The van der Waals surface area contributed by atoms with E-state index < -0.39 is 11.9 Å². The van der Waals surface area contributed by atoms with Crippen LogP contribution in [-0.4, -0.2) is 28.5 Å².